The monoisotopic (exact) mass is 471 g/mol. The van der Waals surface area contributed by atoms with E-state index in [0.717, 1.165) is 10.5 Å². The van der Waals surface area contributed by atoms with Gasteiger partial charge in [0.05, 0.1) is 11.8 Å². The quantitative estimate of drug-likeness (QED) is 0.515. The minimum Gasteiger partial charge on any atom is -0.443 e. The van der Waals surface area contributed by atoms with Crippen molar-refractivity contribution in [3.8, 4) is 0 Å². The molecule has 1 aliphatic heterocycles. The van der Waals surface area contributed by atoms with E-state index in [2.05, 4.69) is 0 Å². The van der Waals surface area contributed by atoms with Gasteiger partial charge in [-0.1, -0.05) is 66.7 Å². The van der Waals surface area contributed by atoms with Gasteiger partial charge in [0.1, 0.15) is 16.8 Å². The number of imide groups is 1. The number of rotatable bonds is 2. The highest BCUT2D eigenvalue weighted by Crippen LogP contribution is 2.55. The van der Waals surface area contributed by atoms with Crippen molar-refractivity contribution in [1.82, 2.24) is 0 Å². The van der Waals surface area contributed by atoms with Crippen LogP contribution in [-0.2, 0) is 14.9 Å². The Hall–Kier alpha value is -3.77. The molecule has 3 atom stereocenters. The molecule has 1 heterocycles. The second kappa shape index (κ2) is 8.17. The summed E-state index contributed by atoms with van der Waals surface area (Å²) in [5, 5.41) is 11.6. The molecular formula is C29H26FNO4. The van der Waals surface area contributed by atoms with Crippen LogP contribution in [0.25, 0.3) is 6.08 Å². The zero-order chi connectivity index (χ0) is 25.0. The van der Waals surface area contributed by atoms with Crippen LogP contribution in [0.3, 0.4) is 0 Å². The highest BCUT2D eigenvalue weighted by atomic mass is 19.1. The van der Waals surface area contributed by atoms with Gasteiger partial charge in [0.2, 0.25) is 0 Å². The van der Waals surface area contributed by atoms with Gasteiger partial charge < -0.3 is 9.84 Å². The number of fused-ring (bicyclic) bond motifs is 2. The average molecular weight is 472 g/mol. The van der Waals surface area contributed by atoms with Crippen molar-refractivity contribution in [3.05, 3.63) is 107 Å². The maximum absolute atomic E-state index is 14.7. The van der Waals surface area contributed by atoms with Crippen LogP contribution in [0.15, 0.2) is 78.9 Å². The highest BCUT2D eigenvalue weighted by molar-refractivity contribution is 6.22. The van der Waals surface area contributed by atoms with E-state index >= 15 is 0 Å². The van der Waals surface area contributed by atoms with Crippen LogP contribution >= 0.6 is 0 Å². The summed E-state index contributed by atoms with van der Waals surface area (Å²) in [7, 11) is 0. The number of hydrogen-bond donors (Lipinski definition) is 1. The summed E-state index contributed by atoms with van der Waals surface area (Å²) in [6, 6.07) is 20.2. The lowest BCUT2D eigenvalue weighted by atomic mass is 9.62. The lowest BCUT2D eigenvalue weighted by Gasteiger charge is -2.40. The van der Waals surface area contributed by atoms with E-state index < -0.39 is 40.9 Å². The first kappa shape index (κ1) is 23.0. The molecule has 3 aromatic carbocycles. The number of anilines is 1. The summed E-state index contributed by atoms with van der Waals surface area (Å²) in [5.74, 6) is -1.94. The number of ether oxygens (including phenoxy) is 1. The molecule has 3 unspecified atom stereocenters. The second-order valence-corrected chi connectivity index (χ2v) is 9.92. The van der Waals surface area contributed by atoms with Crippen molar-refractivity contribution < 1.29 is 23.8 Å². The van der Waals surface area contributed by atoms with Crippen molar-refractivity contribution in [1.29, 1.82) is 0 Å². The standard InChI is InChI=1S/C29H26FNO4/c1-28(2,3)35-27(34)31-24-16-14-20(30)17-23(24)29(26(31)33,19-10-5-4-6-11-19)22-15-13-18-9-7-8-12-21(18)25(22)32/h4-17,22,25,32H,1-3H3. The molecular weight excluding hydrogens is 445 g/mol. The van der Waals surface area contributed by atoms with Crippen LogP contribution in [-0.4, -0.2) is 22.7 Å². The molecule has 0 spiro atoms. The SMILES string of the molecule is CC(C)(C)OC(=O)N1C(=O)C(c2ccccc2)(C2C=Cc3ccccc3C2O)c2cc(F)ccc21. The Morgan fingerprint density at radius 2 is 1.71 bits per heavy atom. The van der Waals surface area contributed by atoms with E-state index in [1.165, 1.54) is 18.2 Å². The third-order valence-corrected chi connectivity index (χ3v) is 6.61. The largest absolute Gasteiger partial charge is 0.443 e. The van der Waals surface area contributed by atoms with Gasteiger partial charge in [-0.05, 0) is 55.7 Å². The molecule has 178 valence electrons. The minimum atomic E-state index is -1.56. The molecule has 0 saturated heterocycles. The van der Waals surface area contributed by atoms with Gasteiger partial charge in [-0.3, -0.25) is 4.79 Å². The summed E-state index contributed by atoms with van der Waals surface area (Å²) in [5.41, 5.74) is 0.209. The molecule has 6 heteroatoms. The van der Waals surface area contributed by atoms with Gasteiger partial charge in [0, 0.05) is 11.5 Å². The Labute approximate surface area is 203 Å². The second-order valence-electron chi connectivity index (χ2n) is 9.92. The number of hydrogen-bond acceptors (Lipinski definition) is 4. The number of amides is 2. The molecule has 0 fully saturated rings. The molecule has 0 aromatic heterocycles. The lowest BCUT2D eigenvalue weighted by molar-refractivity contribution is -0.124. The number of aliphatic hydroxyl groups is 1. The molecule has 2 amide bonds. The van der Waals surface area contributed by atoms with E-state index in [1.54, 1.807) is 51.1 Å². The number of aliphatic hydroxyl groups excluding tert-OH is 1. The number of carbonyl (C=O) groups is 2. The fraction of sp³-hybridized carbons (Fsp3) is 0.241. The zero-order valence-electron chi connectivity index (χ0n) is 19.7. The molecule has 5 nitrogen and oxygen atoms in total. The van der Waals surface area contributed by atoms with Gasteiger partial charge in [-0.15, -0.1) is 0 Å². The van der Waals surface area contributed by atoms with Crippen molar-refractivity contribution in [2.75, 3.05) is 4.90 Å². The fourth-order valence-corrected chi connectivity index (χ4v) is 5.22. The van der Waals surface area contributed by atoms with Crippen molar-refractivity contribution in [3.63, 3.8) is 0 Å². The van der Waals surface area contributed by atoms with E-state index in [-0.39, 0.29) is 5.69 Å². The molecule has 1 N–H and O–H groups in total. The molecule has 1 aliphatic carbocycles. The summed E-state index contributed by atoms with van der Waals surface area (Å²) in [4.78, 5) is 28.7. The average Bonchev–Trinajstić information content (AvgIpc) is 3.07. The van der Waals surface area contributed by atoms with Gasteiger partial charge in [-0.2, -0.15) is 0 Å². The number of halogens is 1. The molecule has 3 aromatic rings. The molecule has 35 heavy (non-hydrogen) atoms. The maximum Gasteiger partial charge on any atom is 0.421 e. The molecule has 0 bridgehead atoms. The van der Waals surface area contributed by atoms with Crippen molar-refractivity contribution >= 4 is 23.8 Å². The van der Waals surface area contributed by atoms with Crippen molar-refractivity contribution in [2.45, 2.75) is 37.9 Å². The lowest BCUT2D eigenvalue weighted by Crippen LogP contribution is -2.50. The van der Waals surface area contributed by atoms with Gasteiger partial charge in [-0.25, -0.2) is 14.1 Å². The van der Waals surface area contributed by atoms with Crippen molar-refractivity contribution in [2.24, 2.45) is 5.92 Å². The minimum absolute atomic E-state index is 0.244. The Balaban J connectivity index is 1.78. The van der Waals surface area contributed by atoms with Gasteiger partial charge >= 0.3 is 6.09 Å². The van der Waals surface area contributed by atoms with Gasteiger partial charge in [0.25, 0.3) is 5.91 Å². The summed E-state index contributed by atoms with van der Waals surface area (Å²) in [6.45, 7) is 5.14. The van der Waals surface area contributed by atoms with E-state index in [4.69, 9.17) is 4.74 Å². The van der Waals surface area contributed by atoms with E-state index in [1.807, 2.05) is 36.4 Å². The van der Waals surface area contributed by atoms with Gasteiger partial charge in [0.15, 0.2) is 0 Å². The van der Waals surface area contributed by atoms with Crippen LogP contribution in [0.5, 0.6) is 0 Å². The van der Waals surface area contributed by atoms with Crippen LogP contribution in [0.4, 0.5) is 14.9 Å². The Morgan fingerprint density at radius 3 is 2.43 bits per heavy atom. The zero-order valence-corrected chi connectivity index (χ0v) is 19.7. The predicted molar refractivity (Wildman–Crippen MR) is 131 cm³/mol. The first-order chi connectivity index (χ1) is 16.6. The number of nitrogens with zero attached hydrogens (tertiary/aromatic N) is 1. The number of carbonyl (C=O) groups excluding carboxylic acids is 2. The third-order valence-electron chi connectivity index (χ3n) is 6.61. The van der Waals surface area contributed by atoms with E-state index in [9.17, 15) is 19.1 Å². The highest BCUT2D eigenvalue weighted by Gasteiger charge is 2.60. The summed E-state index contributed by atoms with van der Waals surface area (Å²) < 4.78 is 20.3. The first-order valence-corrected chi connectivity index (χ1v) is 11.5. The van der Waals surface area contributed by atoms with Crippen LogP contribution < -0.4 is 4.90 Å². The Bertz CT molecular complexity index is 1340. The van der Waals surface area contributed by atoms with Crippen LogP contribution in [0.1, 0.15) is 49.1 Å². The number of benzene rings is 3. The van der Waals surface area contributed by atoms with Crippen LogP contribution in [0, 0.1) is 11.7 Å². The normalized spacial score (nSPS) is 23.1. The maximum atomic E-state index is 14.7. The Kier molecular flexibility index (Phi) is 5.37. The molecule has 0 radical (unpaired) electrons. The topological polar surface area (TPSA) is 66.8 Å². The molecule has 2 aliphatic rings. The fourth-order valence-electron chi connectivity index (χ4n) is 5.22. The Morgan fingerprint density at radius 1 is 1.03 bits per heavy atom. The summed E-state index contributed by atoms with van der Waals surface area (Å²) >= 11 is 0. The van der Waals surface area contributed by atoms with E-state index in [0.29, 0.717) is 16.7 Å². The molecule has 5 rings (SSSR count). The smallest absolute Gasteiger partial charge is 0.421 e. The third kappa shape index (κ3) is 3.56. The predicted octanol–water partition coefficient (Wildman–Crippen LogP) is 5.77. The summed E-state index contributed by atoms with van der Waals surface area (Å²) in [6.07, 6.45) is 1.73. The van der Waals surface area contributed by atoms with Crippen LogP contribution in [0.2, 0.25) is 0 Å². The molecule has 0 saturated carbocycles. The first-order valence-electron chi connectivity index (χ1n) is 11.5.